The van der Waals surface area contributed by atoms with Gasteiger partial charge in [0.25, 0.3) is 11.8 Å². The van der Waals surface area contributed by atoms with E-state index in [2.05, 4.69) is 5.32 Å². The Bertz CT molecular complexity index is 1100. The molecule has 5 rings (SSSR count). The number of benzene rings is 3. The number of amides is 2. The summed E-state index contributed by atoms with van der Waals surface area (Å²) in [7, 11) is 1.75. The minimum absolute atomic E-state index is 0.156. The van der Waals surface area contributed by atoms with Crippen LogP contribution in [0.25, 0.3) is 0 Å². The maximum absolute atomic E-state index is 13.6. The summed E-state index contributed by atoms with van der Waals surface area (Å²) in [6, 6.07) is 24.8. The van der Waals surface area contributed by atoms with Crippen LogP contribution in [0.2, 0.25) is 0 Å². The lowest BCUT2D eigenvalue weighted by molar-refractivity contribution is -0.127. The van der Waals surface area contributed by atoms with E-state index in [1.54, 1.807) is 22.9 Å². The first-order chi connectivity index (χ1) is 13.6. The number of hydrogen-bond acceptors (Lipinski definition) is 3. The van der Waals surface area contributed by atoms with E-state index < -0.39 is 5.66 Å². The molecular weight excluding hydrogens is 350 g/mol. The van der Waals surface area contributed by atoms with Crippen LogP contribution in [-0.2, 0) is 17.0 Å². The molecular formula is C23H19N3O2. The summed E-state index contributed by atoms with van der Waals surface area (Å²) in [5.41, 5.74) is 2.56. The fourth-order valence-corrected chi connectivity index (χ4v) is 4.22. The minimum atomic E-state index is -1.26. The highest BCUT2D eigenvalue weighted by atomic mass is 16.2. The zero-order valence-electron chi connectivity index (χ0n) is 15.4. The third-order valence-electron chi connectivity index (χ3n) is 5.58. The molecule has 0 bridgehead atoms. The Morgan fingerprint density at radius 2 is 1.54 bits per heavy atom. The van der Waals surface area contributed by atoms with E-state index in [0.717, 1.165) is 16.8 Å². The lowest BCUT2D eigenvalue weighted by atomic mass is 9.92. The van der Waals surface area contributed by atoms with Crippen molar-refractivity contribution >= 4 is 23.2 Å². The van der Waals surface area contributed by atoms with E-state index in [1.807, 2.05) is 72.8 Å². The van der Waals surface area contributed by atoms with E-state index in [1.165, 1.54) is 0 Å². The van der Waals surface area contributed by atoms with Gasteiger partial charge in [0.15, 0.2) is 0 Å². The van der Waals surface area contributed by atoms with Crippen molar-refractivity contribution in [1.29, 1.82) is 0 Å². The molecule has 0 fully saturated rings. The number of carbonyl (C=O) groups is 2. The molecule has 2 aliphatic heterocycles. The lowest BCUT2D eigenvalue weighted by Crippen LogP contribution is -2.61. The number of carbonyl (C=O) groups excluding carboxylic acids is 2. The van der Waals surface area contributed by atoms with Crippen LogP contribution in [0.4, 0.5) is 11.4 Å². The van der Waals surface area contributed by atoms with Crippen LogP contribution < -0.4 is 10.2 Å². The van der Waals surface area contributed by atoms with Gasteiger partial charge in [-0.1, -0.05) is 60.7 Å². The zero-order valence-corrected chi connectivity index (χ0v) is 15.4. The number of anilines is 2. The minimum Gasteiger partial charge on any atom is -0.350 e. The lowest BCUT2D eigenvalue weighted by Gasteiger charge is -2.45. The van der Waals surface area contributed by atoms with Crippen molar-refractivity contribution in [2.24, 2.45) is 0 Å². The summed E-state index contributed by atoms with van der Waals surface area (Å²) in [5.74, 6) is -0.316. The van der Waals surface area contributed by atoms with E-state index in [9.17, 15) is 9.59 Å². The number of nitrogens with zero attached hydrogens (tertiary/aromatic N) is 2. The maximum Gasteiger partial charge on any atom is 0.278 e. The molecule has 0 unspecified atom stereocenters. The van der Waals surface area contributed by atoms with Gasteiger partial charge in [-0.25, -0.2) is 0 Å². The SMILES string of the molecule is CN1C(=O)[C@@]2(Nc3ccccc3C(=O)N2Cc2ccccc2)c2ccccc21. The van der Waals surface area contributed by atoms with Crippen molar-refractivity contribution < 1.29 is 9.59 Å². The number of fused-ring (bicyclic) bond motifs is 3. The molecule has 1 atom stereocenters. The van der Waals surface area contributed by atoms with Crippen molar-refractivity contribution in [2.45, 2.75) is 12.2 Å². The van der Waals surface area contributed by atoms with Crippen LogP contribution in [0.3, 0.4) is 0 Å². The normalized spacial score (nSPS) is 20.2. The van der Waals surface area contributed by atoms with Gasteiger partial charge in [-0.3, -0.25) is 14.5 Å². The predicted molar refractivity (Wildman–Crippen MR) is 108 cm³/mol. The first kappa shape index (κ1) is 16.6. The molecule has 28 heavy (non-hydrogen) atoms. The molecule has 3 aromatic rings. The Balaban J connectivity index is 1.74. The second kappa shape index (κ2) is 5.96. The molecule has 138 valence electrons. The summed E-state index contributed by atoms with van der Waals surface area (Å²) >= 11 is 0. The summed E-state index contributed by atoms with van der Waals surface area (Å²) in [6.45, 7) is 0.328. The Morgan fingerprint density at radius 1 is 0.857 bits per heavy atom. The third-order valence-corrected chi connectivity index (χ3v) is 5.58. The van der Waals surface area contributed by atoms with Crippen molar-refractivity contribution in [3.8, 4) is 0 Å². The van der Waals surface area contributed by atoms with Gasteiger partial charge >= 0.3 is 0 Å². The highest BCUT2D eigenvalue weighted by Gasteiger charge is 2.58. The average molecular weight is 369 g/mol. The largest absolute Gasteiger partial charge is 0.350 e. The molecule has 2 heterocycles. The molecule has 5 heteroatoms. The molecule has 2 aliphatic rings. The molecule has 1 N–H and O–H groups in total. The van der Waals surface area contributed by atoms with Crippen molar-refractivity contribution in [2.75, 3.05) is 17.3 Å². The molecule has 3 aromatic carbocycles. The van der Waals surface area contributed by atoms with Crippen molar-refractivity contribution in [1.82, 2.24) is 4.90 Å². The van der Waals surface area contributed by atoms with Gasteiger partial charge in [-0.15, -0.1) is 0 Å². The summed E-state index contributed by atoms with van der Waals surface area (Å²) in [5, 5.41) is 3.42. The smallest absolute Gasteiger partial charge is 0.278 e. The molecule has 1 spiro atoms. The molecule has 0 aromatic heterocycles. The Morgan fingerprint density at radius 3 is 2.36 bits per heavy atom. The fraction of sp³-hybridized carbons (Fsp3) is 0.130. The number of likely N-dealkylation sites (N-methyl/N-ethyl adjacent to an activating group) is 1. The van der Waals surface area contributed by atoms with E-state index in [-0.39, 0.29) is 11.8 Å². The van der Waals surface area contributed by atoms with Crippen LogP contribution in [0, 0.1) is 0 Å². The van der Waals surface area contributed by atoms with Gasteiger partial charge in [0, 0.05) is 24.8 Å². The molecule has 0 saturated carbocycles. The fourth-order valence-electron chi connectivity index (χ4n) is 4.22. The van der Waals surface area contributed by atoms with Crippen LogP contribution in [-0.4, -0.2) is 23.8 Å². The highest BCUT2D eigenvalue weighted by Crippen LogP contribution is 2.47. The zero-order chi connectivity index (χ0) is 19.3. The Labute approximate surface area is 163 Å². The van der Waals surface area contributed by atoms with Gasteiger partial charge in [0.1, 0.15) is 0 Å². The van der Waals surface area contributed by atoms with Crippen LogP contribution in [0.1, 0.15) is 21.5 Å². The monoisotopic (exact) mass is 369 g/mol. The van der Waals surface area contributed by atoms with E-state index in [0.29, 0.717) is 17.8 Å². The average Bonchev–Trinajstić information content (AvgIpc) is 2.95. The summed E-state index contributed by atoms with van der Waals surface area (Å²) in [4.78, 5) is 30.4. The molecule has 2 amide bonds. The Kier molecular flexibility index (Phi) is 3.52. The van der Waals surface area contributed by atoms with E-state index >= 15 is 0 Å². The molecule has 5 nitrogen and oxygen atoms in total. The second-order valence-electron chi connectivity index (χ2n) is 7.14. The molecule has 0 aliphatic carbocycles. The quantitative estimate of drug-likeness (QED) is 0.751. The topological polar surface area (TPSA) is 52.7 Å². The maximum atomic E-state index is 13.6. The Hall–Kier alpha value is -3.60. The van der Waals surface area contributed by atoms with Gasteiger partial charge < -0.3 is 10.2 Å². The summed E-state index contributed by atoms with van der Waals surface area (Å²) in [6.07, 6.45) is 0. The van der Waals surface area contributed by atoms with Gasteiger partial charge in [-0.05, 0) is 23.8 Å². The van der Waals surface area contributed by atoms with Crippen molar-refractivity contribution in [3.63, 3.8) is 0 Å². The van der Waals surface area contributed by atoms with Crippen LogP contribution in [0.15, 0.2) is 78.9 Å². The highest BCUT2D eigenvalue weighted by molar-refractivity contribution is 6.15. The molecule has 0 radical (unpaired) electrons. The van der Waals surface area contributed by atoms with Gasteiger partial charge in [-0.2, -0.15) is 0 Å². The van der Waals surface area contributed by atoms with Crippen LogP contribution in [0.5, 0.6) is 0 Å². The number of para-hydroxylation sites is 2. The number of hydrogen-bond donors (Lipinski definition) is 1. The second-order valence-corrected chi connectivity index (χ2v) is 7.14. The first-order valence-corrected chi connectivity index (χ1v) is 9.24. The number of rotatable bonds is 2. The molecule has 0 saturated heterocycles. The standard InChI is InChI=1S/C23H19N3O2/c1-25-20-14-8-6-12-18(20)23(22(25)28)24-19-13-7-5-11-17(19)21(27)26(23)15-16-9-3-2-4-10-16/h2-14,24H,15H2,1H3/t23-/m1/s1. The number of nitrogens with one attached hydrogen (secondary N) is 1. The summed E-state index contributed by atoms with van der Waals surface area (Å²) < 4.78 is 0. The van der Waals surface area contributed by atoms with Gasteiger partial charge in [0.2, 0.25) is 5.66 Å². The third kappa shape index (κ3) is 2.13. The van der Waals surface area contributed by atoms with Crippen molar-refractivity contribution in [3.05, 3.63) is 95.6 Å². The van der Waals surface area contributed by atoms with Crippen LogP contribution >= 0.6 is 0 Å². The predicted octanol–water partition coefficient (Wildman–Crippen LogP) is 3.58. The first-order valence-electron chi connectivity index (χ1n) is 9.24. The van der Waals surface area contributed by atoms with E-state index in [4.69, 9.17) is 0 Å². The van der Waals surface area contributed by atoms with Gasteiger partial charge in [0.05, 0.1) is 11.3 Å².